The molecule has 0 spiro atoms. The summed E-state index contributed by atoms with van der Waals surface area (Å²) in [5.41, 5.74) is 3.19. The van der Waals surface area contributed by atoms with Gasteiger partial charge in [-0.2, -0.15) is 4.99 Å². The highest BCUT2D eigenvalue weighted by Crippen LogP contribution is 2.22. The lowest BCUT2D eigenvalue weighted by Crippen LogP contribution is -2.19. The predicted octanol–water partition coefficient (Wildman–Crippen LogP) is 4.09. The molecule has 4 nitrogen and oxygen atoms in total. The first-order valence-corrected chi connectivity index (χ1v) is 9.58. The number of halogens is 1. The topological polar surface area (TPSA) is 43.6 Å². The number of methoxy groups -OCH3 is 1. The van der Waals surface area contributed by atoms with Gasteiger partial charge < -0.3 is 9.30 Å². The van der Waals surface area contributed by atoms with Gasteiger partial charge in [-0.05, 0) is 30.7 Å². The van der Waals surface area contributed by atoms with E-state index in [9.17, 15) is 4.79 Å². The van der Waals surface area contributed by atoms with Crippen LogP contribution >= 0.6 is 27.3 Å². The molecule has 130 valence electrons. The van der Waals surface area contributed by atoms with Gasteiger partial charge in [0.1, 0.15) is 0 Å². The Morgan fingerprint density at radius 1 is 1.28 bits per heavy atom. The van der Waals surface area contributed by atoms with Crippen LogP contribution in [0.5, 0.6) is 0 Å². The molecule has 2 aromatic carbocycles. The van der Waals surface area contributed by atoms with E-state index in [-0.39, 0.29) is 5.91 Å². The number of aromatic nitrogens is 1. The molecule has 0 unspecified atom stereocenters. The number of nitrogens with zero attached hydrogens (tertiary/aromatic N) is 2. The fraction of sp³-hybridized carbons (Fsp3) is 0.263. The lowest BCUT2D eigenvalue weighted by Gasteiger charge is -2.04. The van der Waals surface area contributed by atoms with E-state index in [1.54, 1.807) is 7.11 Å². The third-order valence-corrected chi connectivity index (χ3v) is 5.36. The zero-order chi connectivity index (χ0) is 17.8. The molecule has 0 atom stereocenters. The van der Waals surface area contributed by atoms with E-state index in [1.165, 1.54) is 11.3 Å². The normalized spacial score (nSPS) is 12.0. The highest BCUT2D eigenvalue weighted by atomic mass is 79.9. The average molecular weight is 419 g/mol. The molecule has 3 rings (SSSR count). The SMILES string of the molecule is COCCn1c(=NC(=O)Cc2cccc(C)c2)sc2cc(Br)ccc21. The maximum Gasteiger partial charge on any atom is 0.252 e. The molecule has 3 aromatic rings. The molecule has 0 N–H and O–H groups in total. The van der Waals surface area contributed by atoms with Crippen molar-refractivity contribution in [3.63, 3.8) is 0 Å². The van der Waals surface area contributed by atoms with Gasteiger partial charge in [0, 0.05) is 18.1 Å². The summed E-state index contributed by atoms with van der Waals surface area (Å²) >= 11 is 5.02. The van der Waals surface area contributed by atoms with E-state index in [1.807, 2.05) is 54.0 Å². The number of benzene rings is 2. The second-order valence-corrected chi connectivity index (χ2v) is 7.74. The Bertz CT molecular complexity index is 975. The molecule has 0 fully saturated rings. The van der Waals surface area contributed by atoms with Crippen LogP contribution in [0, 0.1) is 6.92 Å². The highest BCUT2D eigenvalue weighted by molar-refractivity contribution is 9.10. The summed E-state index contributed by atoms with van der Waals surface area (Å²) in [6.45, 7) is 3.25. The Balaban J connectivity index is 1.97. The Labute approximate surface area is 158 Å². The van der Waals surface area contributed by atoms with Gasteiger partial charge >= 0.3 is 0 Å². The number of carbonyl (C=O) groups is 1. The van der Waals surface area contributed by atoms with Crippen LogP contribution in [0.3, 0.4) is 0 Å². The number of fused-ring (bicyclic) bond motifs is 1. The summed E-state index contributed by atoms with van der Waals surface area (Å²) in [6.07, 6.45) is 0.309. The van der Waals surface area contributed by atoms with E-state index < -0.39 is 0 Å². The van der Waals surface area contributed by atoms with Crippen molar-refractivity contribution in [1.29, 1.82) is 0 Å². The van der Waals surface area contributed by atoms with Crippen molar-refractivity contribution in [3.05, 3.63) is 62.9 Å². The monoisotopic (exact) mass is 418 g/mol. The van der Waals surface area contributed by atoms with Crippen molar-refractivity contribution >= 4 is 43.4 Å². The molecule has 25 heavy (non-hydrogen) atoms. The molecule has 6 heteroatoms. The van der Waals surface area contributed by atoms with Crippen molar-refractivity contribution < 1.29 is 9.53 Å². The molecular formula is C19H19BrN2O2S. The standard InChI is InChI=1S/C19H19BrN2O2S/c1-13-4-3-5-14(10-13)11-18(23)21-19-22(8-9-24-2)16-7-6-15(20)12-17(16)25-19/h3-7,10,12H,8-9,11H2,1-2H3. The lowest BCUT2D eigenvalue weighted by atomic mass is 10.1. The van der Waals surface area contributed by atoms with E-state index in [0.29, 0.717) is 24.4 Å². The van der Waals surface area contributed by atoms with Crippen LogP contribution in [-0.2, 0) is 22.5 Å². The van der Waals surface area contributed by atoms with E-state index in [4.69, 9.17) is 4.74 Å². The minimum atomic E-state index is -0.137. The summed E-state index contributed by atoms with van der Waals surface area (Å²) in [7, 11) is 1.67. The first kappa shape index (κ1) is 18.0. The molecule has 1 aromatic heterocycles. The smallest absolute Gasteiger partial charge is 0.252 e. The van der Waals surface area contributed by atoms with Crippen LogP contribution in [0.2, 0.25) is 0 Å². The van der Waals surface area contributed by atoms with Crippen molar-refractivity contribution in [1.82, 2.24) is 4.57 Å². The van der Waals surface area contributed by atoms with E-state index in [0.717, 1.165) is 25.8 Å². The molecule has 1 amide bonds. The van der Waals surface area contributed by atoms with Crippen molar-refractivity contribution in [2.75, 3.05) is 13.7 Å². The summed E-state index contributed by atoms with van der Waals surface area (Å²) in [5, 5.41) is 0. The zero-order valence-electron chi connectivity index (χ0n) is 14.2. The molecule has 0 bridgehead atoms. The number of rotatable bonds is 5. The minimum absolute atomic E-state index is 0.137. The second kappa shape index (κ2) is 8.08. The van der Waals surface area contributed by atoms with Crippen molar-refractivity contribution in [2.45, 2.75) is 19.9 Å². The van der Waals surface area contributed by atoms with Crippen LogP contribution in [0.25, 0.3) is 10.2 Å². The van der Waals surface area contributed by atoms with Crippen LogP contribution in [0.1, 0.15) is 11.1 Å². The third kappa shape index (κ3) is 4.45. The van der Waals surface area contributed by atoms with Crippen LogP contribution in [0.15, 0.2) is 51.9 Å². The number of ether oxygens (including phenoxy) is 1. The number of hydrogen-bond acceptors (Lipinski definition) is 3. The summed E-state index contributed by atoms with van der Waals surface area (Å²) in [6, 6.07) is 14.1. The predicted molar refractivity (Wildman–Crippen MR) is 105 cm³/mol. The van der Waals surface area contributed by atoms with Crippen molar-refractivity contribution in [3.8, 4) is 0 Å². The first-order chi connectivity index (χ1) is 12.1. The maximum atomic E-state index is 12.4. The van der Waals surface area contributed by atoms with Gasteiger partial charge in [0.05, 0.1) is 23.2 Å². The van der Waals surface area contributed by atoms with Crippen LogP contribution < -0.4 is 4.80 Å². The van der Waals surface area contributed by atoms with Gasteiger partial charge in [0.15, 0.2) is 4.80 Å². The summed E-state index contributed by atoms with van der Waals surface area (Å²) in [5.74, 6) is -0.137. The molecule has 0 saturated carbocycles. The number of aryl methyl sites for hydroxylation is 1. The highest BCUT2D eigenvalue weighted by Gasteiger charge is 2.09. The number of hydrogen-bond donors (Lipinski definition) is 0. The number of thiazole rings is 1. The summed E-state index contributed by atoms with van der Waals surface area (Å²) in [4.78, 5) is 17.5. The third-order valence-electron chi connectivity index (χ3n) is 3.82. The molecule has 0 aliphatic heterocycles. The fourth-order valence-electron chi connectivity index (χ4n) is 2.67. The van der Waals surface area contributed by atoms with Crippen LogP contribution in [0.4, 0.5) is 0 Å². The molecule has 0 radical (unpaired) electrons. The van der Waals surface area contributed by atoms with Gasteiger partial charge in [0.2, 0.25) is 0 Å². The van der Waals surface area contributed by atoms with Gasteiger partial charge in [-0.1, -0.05) is 57.1 Å². The minimum Gasteiger partial charge on any atom is -0.383 e. The second-order valence-electron chi connectivity index (χ2n) is 5.81. The quantitative estimate of drug-likeness (QED) is 0.625. The van der Waals surface area contributed by atoms with Gasteiger partial charge in [-0.15, -0.1) is 0 Å². The molecular weight excluding hydrogens is 400 g/mol. The Morgan fingerprint density at radius 2 is 2.12 bits per heavy atom. The van der Waals surface area contributed by atoms with Gasteiger partial charge in [0.25, 0.3) is 5.91 Å². The fourth-order valence-corrected chi connectivity index (χ4v) is 4.30. The molecule has 0 saturated heterocycles. The Kier molecular flexibility index (Phi) is 5.83. The molecule has 1 heterocycles. The largest absolute Gasteiger partial charge is 0.383 e. The zero-order valence-corrected chi connectivity index (χ0v) is 16.6. The molecule has 0 aliphatic rings. The van der Waals surface area contributed by atoms with Gasteiger partial charge in [-0.25, -0.2) is 0 Å². The number of amides is 1. The first-order valence-electron chi connectivity index (χ1n) is 7.98. The van der Waals surface area contributed by atoms with Crippen molar-refractivity contribution in [2.24, 2.45) is 4.99 Å². The Hall–Kier alpha value is -1.76. The van der Waals surface area contributed by atoms with E-state index >= 15 is 0 Å². The maximum absolute atomic E-state index is 12.4. The van der Waals surface area contributed by atoms with E-state index in [2.05, 4.69) is 20.9 Å². The van der Waals surface area contributed by atoms with Gasteiger partial charge in [-0.3, -0.25) is 4.79 Å². The Morgan fingerprint density at radius 3 is 2.88 bits per heavy atom. The lowest BCUT2D eigenvalue weighted by molar-refractivity contribution is -0.117. The van der Waals surface area contributed by atoms with Crippen LogP contribution in [-0.4, -0.2) is 24.2 Å². The number of carbonyl (C=O) groups excluding carboxylic acids is 1. The average Bonchev–Trinajstić information content (AvgIpc) is 2.88. The molecule has 0 aliphatic carbocycles. The summed E-state index contributed by atoms with van der Waals surface area (Å²) < 4.78 is 9.35.